The van der Waals surface area contributed by atoms with Crippen LogP contribution in [0, 0.1) is 11.8 Å². The van der Waals surface area contributed by atoms with Gasteiger partial charge in [0.25, 0.3) is 5.91 Å². The summed E-state index contributed by atoms with van der Waals surface area (Å²) in [6.07, 6.45) is 2.78. The average molecular weight is 248 g/mol. The summed E-state index contributed by atoms with van der Waals surface area (Å²) in [5, 5.41) is 0. The van der Waals surface area contributed by atoms with Crippen molar-refractivity contribution >= 4 is 11.6 Å². The van der Waals surface area contributed by atoms with Gasteiger partial charge in [0.1, 0.15) is 5.69 Å². The molecule has 0 radical (unpaired) electrons. The fraction of sp³-hybridized carbons (Fsp3) is 0.538. The van der Waals surface area contributed by atoms with Gasteiger partial charge in [-0.25, -0.2) is 0 Å². The Labute approximate surface area is 107 Å². The van der Waals surface area contributed by atoms with Crippen molar-refractivity contribution in [2.45, 2.75) is 20.3 Å². The van der Waals surface area contributed by atoms with E-state index in [9.17, 15) is 4.79 Å². The van der Waals surface area contributed by atoms with Crippen LogP contribution in [0.3, 0.4) is 0 Å². The van der Waals surface area contributed by atoms with Gasteiger partial charge in [0, 0.05) is 19.3 Å². The fourth-order valence-electron chi connectivity index (χ4n) is 2.63. The van der Waals surface area contributed by atoms with E-state index in [1.165, 1.54) is 6.42 Å². The minimum absolute atomic E-state index is 0.00880. The standard InChI is InChI=1S/C13H20N4O/c1-9-5-10(2)8-17(7-9)13(18)12-6-11(16-14)3-4-15-12/h3-4,6,9-10H,5,7-8,14H2,1-2H3,(H,15,16). The molecule has 3 N–H and O–H groups in total. The fourth-order valence-corrected chi connectivity index (χ4v) is 2.63. The van der Waals surface area contributed by atoms with Crippen LogP contribution in [0.25, 0.3) is 0 Å². The third kappa shape index (κ3) is 2.79. The summed E-state index contributed by atoms with van der Waals surface area (Å²) in [6, 6.07) is 3.42. The molecule has 5 nitrogen and oxygen atoms in total. The minimum Gasteiger partial charge on any atom is -0.337 e. The zero-order chi connectivity index (χ0) is 13.1. The Morgan fingerprint density at radius 3 is 2.72 bits per heavy atom. The maximum atomic E-state index is 12.4. The van der Waals surface area contributed by atoms with E-state index in [1.54, 1.807) is 18.3 Å². The number of nitrogen functional groups attached to an aromatic ring is 1. The lowest BCUT2D eigenvalue weighted by Gasteiger charge is -2.34. The number of likely N-dealkylation sites (tertiary alicyclic amines) is 1. The molecule has 1 aliphatic rings. The van der Waals surface area contributed by atoms with E-state index >= 15 is 0 Å². The van der Waals surface area contributed by atoms with Crippen molar-refractivity contribution in [1.82, 2.24) is 9.88 Å². The van der Waals surface area contributed by atoms with Crippen LogP contribution in [-0.4, -0.2) is 28.9 Å². The molecule has 0 spiro atoms. The van der Waals surface area contributed by atoms with Gasteiger partial charge in [-0.15, -0.1) is 0 Å². The summed E-state index contributed by atoms with van der Waals surface area (Å²) in [4.78, 5) is 18.4. The molecule has 2 unspecified atom stereocenters. The number of hydrazine groups is 1. The van der Waals surface area contributed by atoms with Crippen molar-refractivity contribution in [3.05, 3.63) is 24.0 Å². The van der Waals surface area contributed by atoms with E-state index in [0.717, 1.165) is 13.1 Å². The molecular formula is C13H20N4O. The highest BCUT2D eigenvalue weighted by Gasteiger charge is 2.26. The molecule has 1 fully saturated rings. The Balaban J connectivity index is 2.14. The molecule has 0 saturated carbocycles. The lowest BCUT2D eigenvalue weighted by atomic mass is 9.92. The van der Waals surface area contributed by atoms with Crippen LogP contribution in [0.4, 0.5) is 5.69 Å². The molecule has 1 aromatic rings. The molecular weight excluding hydrogens is 228 g/mol. The second-order valence-electron chi connectivity index (χ2n) is 5.23. The van der Waals surface area contributed by atoms with Gasteiger partial charge in [0.15, 0.2) is 0 Å². The molecule has 2 heterocycles. The van der Waals surface area contributed by atoms with E-state index in [0.29, 0.717) is 23.2 Å². The summed E-state index contributed by atoms with van der Waals surface area (Å²) in [7, 11) is 0. The number of pyridine rings is 1. The van der Waals surface area contributed by atoms with Crippen LogP contribution in [0.5, 0.6) is 0 Å². The maximum Gasteiger partial charge on any atom is 0.272 e. The van der Waals surface area contributed by atoms with Crippen LogP contribution in [0.1, 0.15) is 30.8 Å². The van der Waals surface area contributed by atoms with Gasteiger partial charge in [-0.1, -0.05) is 13.8 Å². The van der Waals surface area contributed by atoms with Gasteiger partial charge in [-0.3, -0.25) is 15.6 Å². The van der Waals surface area contributed by atoms with Crippen molar-refractivity contribution in [1.29, 1.82) is 0 Å². The molecule has 2 rings (SSSR count). The molecule has 0 aliphatic carbocycles. The largest absolute Gasteiger partial charge is 0.337 e. The molecule has 5 heteroatoms. The van der Waals surface area contributed by atoms with Crippen molar-refractivity contribution in [2.75, 3.05) is 18.5 Å². The molecule has 1 amide bonds. The number of nitrogens with two attached hydrogens (primary N) is 1. The van der Waals surface area contributed by atoms with Crippen molar-refractivity contribution in [3.8, 4) is 0 Å². The summed E-state index contributed by atoms with van der Waals surface area (Å²) in [6.45, 7) is 5.98. The molecule has 1 aromatic heterocycles. The number of rotatable bonds is 2. The SMILES string of the molecule is CC1CC(C)CN(C(=O)c2cc(NN)ccn2)C1. The Morgan fingerprint density at radius 1 is 1.44 bits per heavy atom. The first-order chi connectivity index (χ1) is 8.60. The zero-order valence-electron chi connectivity index (χ0n) is 10.9. The van der Waals surface area contributed by atoms with Crippen LogP contribution in [0.15, 0.2) is 18.3 Å². The highest BCUT2D eigenvalue weighted by atomic mass is 16.2. The first-order valence-corrected chi connectivity index (χ1v) is 6.32. The predicted molar refractivity (Wildman–Crippen MR) is 70.9 cm³/mol. The summed E-state index contributed by atoms with van der Waals surface area (Å²) >= 11 is 0. The van der Waals surface area contributed by atoms with Crippen LogP contribution in [-0.2, 0) is 0 Å². The Morgan fingerprint density at radius 2 is 2.11 bits per heavy atom. The summed E-state index contributed by atoms with van der Waals surface area (Å²) in [5.41, 5.74) is 3.68. The number of carbonyl (C=O) groups excluding carboxylic acids is 1. The Hall–Kier alpha value is -1.62. The number of nitrogens with zero attached hydrogens (tertiary/aromatic N) is 2. The van der Waals surface area contributed by atoms with Gasteiger partial charge >= 0.3 is 0 Å². The molecule has 1 saturated heterocycles. The number of carbonyl (C=O) groups is 1. The smallest absolute Gasteiger partial charge is 0.272 e. The second kappa shape index (κ2) is 5.35. The predicted octanol–water partition coefficient (Wildman–Crippen LogP) is 1.49. The van der Waals surface area contributed by atoms with E-state index < -0.39 is 0 Å². The normalized spacial score (nSPS) is 23.8. The number of aromatic nitrogens is 1. The van der Waals surface area contributed by atoms with Crippen molar-refractivity contribution in [2.24, 2.45) is 17.7 Å². The molecule has 0 bridgehead atoms. The molecule has 18 heavy (non-hydrogen) atoms. The maximum absolute atomic E-state index is 12.4. The quantitative estimate of drug-likeness (QED) is 0.614. The van der Waals surface area contributed by atoms with Gasteiger partial charge in [0.2, 0.25) is 0 Å². The van der Waals surface area contributed by atoms with E-state index in [2.05, 4.69) is 24.3 Å². The lowest BCUT2D eigenvalue weighted by Crippen LogP contribution is -2.42. The molecule has 1 aliphatic heterocycles. The van der Waals surface area contributed by atoms with E-state index in [1.807, 2.05) is 4.90 Å². The monoisotopic (exact) mass is 248 g/mol. The number of amides is 1. The third-order valence-electron chi connectivity index (χ3n) is 3.30. The van der Waals surface area contributed by atoms with E-state index in [-0.39, 0.29) is 5.91 Å². The third-order valence-corrected chi connectivity index (χ3v) is 3.30. The first kappa shape index (κ1) is 12.8. The van der Waals surface area contributed by atoms with Crippen molar-refractivity contribution < 1.29 is 4.79 Å². The van der Waals surface area contributed by atoms with Crippen molar-refractivity contribution in [3.63, 3.8) is 0 Å². The Kier molecular flexibility index (Phi) is 3.81. The lowest BCUT2D eigenvalue weighted by molar-refractivity contribution is 0.0617. The Bertz CT molecular complexity index is 425. The average Bonchev–Trinajstić information content (AvgIpc) is 2.37. The van der Waals surface area contributed by atoms with Gasteiger partial charge in [-0.2, -0.15) is 0 Å². The molecule has 2 atom stereocenters. The van der Waals surface area contributed by atoms with Gasteiger partial charge in [0.05, 0.1) is 5.69 Å². The first-order valence-electron chi connectivity index (χ1n) is 6.32. The zero-order valence-corrected chi connectivity index (χ0v) is 10.9. The summed E-state index contributed by atoms with van der Waals surface area (Å²) in [5.74, 6) is 6.43. The number of nitrogens with one attached hydrogen (secondary N) is 1. The number of anilines is 1. The second-order valence-corrected chi connectivity index (χ2v) is 5.23. The van der Waals surface area contributed by atoms with Gasteiger partial charge < -0.3 is 10.3 Å². The van der Waals surface area contributed by atoms with Crippen LogP contribution < -0.4 is 11.3 Å². The number of piperidine rings is 1. The minimum atomic E-state index is -0.00880. The highest BCUT2D eigenvalue weighted by molar-refractivity contribution is 5.93. The number of hydrogen-bond acceptors (Lipinski definition) is 4. The number of hydrogen-bond donors (Lipinski definition) is 2. The van der Waals surface area contributed by atoms with Crippen LogP contribution in [0.2, 0.25) is 0 Å². The van der Waals surface area contributed by atoms with Crippen LogP contribution >= 0.6 is 0 Å². The molecule has 0 aromatic carbocycles. The van der Waals surface area contributed by atoms with E-state index in [4.69, 9.17) is 5.84 Å². The topological polar surface area (TPSA) is 71.2 Å². The van der Waals surface area contributed by atoms with Gasteiger partial charge in [-0.05, 0) is 30.4 Å². The summed E-state index contributed by atoms with van der Waals surface area (Å²) < 4.78 is 0. The highest BCUT2D eigenvalue weighted by Crippen LogP contribution is 2.22. The molecule has 98 valence electrons.